The van der Waals surface area contributed by atoms with Crippen LogP contribution in [0.4, 0.5) is 0 Å². The first-order valence-corrected chi connectivity index (χ1v) is 4.65. The third kappa shape index (κ3) is 3.10. The largest absolute Gasteiger partial charge is 0.126 e. The molecule has 0 amide bonds. The van der Waals surface area contributed by atoms with Gasteiger partial charge in [-0.1, -0.05) is 42.0 Å². The van der Waals surface area contributed by atoms with Crippen molar-refractivity contribution in [2.45, 2.75) is 13.3 Å². The molecule has 0 heterocycles. The van der Waals surface area contributed by atoms with Crippen LogP contribution in [-0.2, 0) is 0 Å². The highest BCUT2D eigenvalue weighted by Crippen LogP contribution is 2.06. The maximum atomic E-state index is 5.55. The van der Waals surface area contributed by atoms with Gasteiger partial charge in [-0.05, 0) is 18.9 Å². The lowest BCUT2D eigenvalue weighted by Gasteiger charge is -1.94. The van der Waals surface area contributed by atoms with Gasteiger partial charge in [-0.3, -0.25) is 0 Å². The van der Waals surface area contributed by atoms with Crippen molar-refractivity contribution in [2.75, 3.05) is 5.88 Å². The van der Waals surface area contributed by atoms with Crippen molar-refractivity contribution in [1.82, 2.24) is 0 Å². The lowest BCUT2D eigenvalue weighted by Crippen LogP contribution is -1.74. The molecule has 0 aliphatic heterocycles. The molecule has 0 unspecified atom stereocenters. The van der Waals surface area contributed by atoms with Crippen molar-refractivity contribution >= 4 is 17.7 Å². The molecule has 0 saturated heterocycles. The van der Waals surface area contributed by atoms with E-state index in [4.69, 9.17) is 11.6 Å². The van der Waals surface area contributed by atoms with E-state index in [0.29, 0.717) is 5.88 Å². The van der Waals surface area contributed by atoms with E-state index in [1.54, 1.807) is 0 Å². The number of alkyl halides is 1. The summed E-state index contributed by atoms with van der Waals surface area (Å²) < 4.78 is 0. The molecule has 1 rings (SSSR count). The molecule has 12 heavy (non-hydrogen) atoms. The average Bonchev–Trinajstić information content (AvgIpc) is 2.05. The van der Waals surface area contributed by atoms with E-state index in [9.17, 15) is 0 Å². The fraction of sp³-hybridized carbons (Fsp3) is 0.273. The summed E-state index contributed by atoms with van der Waals surface area (Å²) in [5.41, 5.74) is 2.54. The van der Waals surface area contributed by atoms with E-state index in [0.717, 1.165) is 6.42 Å². The first-order chi connectivity index (χ1) is 5.83. The summed E-state index contributed by atoms with van der Waals surface area (Å²) >= 11 is 5.55. The van der Waals surface area contributed by atoms with Crippen LogP contribution in [0, 0.1) is 6.92 Å². The lowest BCUT2D eigenvalue weighted by molar-refractivity contribution is 1.24. The molecule has 1 aromatic rings. The van der Waals surface area contributed by atoms with E-state index in [1.807, 2.05) is 0 Å². The predicted octanol–water partition coefficient (Wildman–Crippen LogP) is 3.64. The molecule has 0 N–H and O–H groups in total. The number of aryl methyl sites for hydroxylation is 1. The number of halogens is 1. The summed E-state index contributed by atoms with van der Waals surface area (Å²) in [7, 11) is 0. The van der Waals surface area contributed by atoms with Gasteiger partial charge in [0, 0.05) is 5.88 Å². The minimum absolute atomic E-state index is 0.697. The lowest BCUT2D eigenvalue weighted by atomic mass is 10.1. The zero-order chi connectivity index (χ0) is 8.81. The number of hydrogen-bond acceptors (Lipinski definition) is 0. The minimum atomic E-state index is 0.697. The fourth-order valence-corrected chi connectivity index (χ4v) is 1.18. The number of benzene rings is 1. The first-order valence-electron chi connectivity index (χ1n) is 4.12. The molecule has 0 fully saturated rings. The summed E-state index contributed by atoms with van der Waals surface area (Å²) in [5.74, 6) is 0.697. The molecule has 0 saturated carbocycles. The third-order valence-electron chi connectivity index (χ3n) is 1.63. The van der Waals surface area contributed by atoms with Crippen LogP contribution < -0.4 is 0 Å². The van der Waals surface area contributed by atoms with Crippen LogP contribution in [0.25, 0.3) is 6.08 Å². The van der Waals surface area contributed by atoms with Crippen molar-refractivity contribution in [1.29, 1.82) is 0 Å². The highest BCUT2D eigenvalue weighted by atomic mass is 35.5. The zero-order valence-corrected chi connectivity index (χ0v) is 8.01. The van der Waals surface area contributed by atoms with Gasteiger partial charge >= 0.3 is 0 Å². The maximum Gasteiger partial charge on any atom is 0.0258 e. The maximum absolute atomic E-state index is 5.55. The normalized spacial score (nSPS) is 10.8. The van der Waals surface area contributed by atoms with Crippen LogP contribution in [0.3, 0.4) is 0 Å². The van der Waals surface area contributed by atoms with Crippen molar-refractivity contribution in [3.8, 4) is 0 Å². The van der Waals surface area contributed by atoms with Gasteiger partial charge in [0.15, 0.2) is 0 Å². The van der Waals surface area contributed by atoms with Gasteiger partial charge in [0.25, 0.3) is 0 Å². The highest BCUT2D eigenvalue weighted by molar-refractivity contribution is 6.17. The van der Waals surface area contributed by atoms with E-state index in [-0.39, 0.29) is 0 Å². The molecule has 0 aromatic heterocycles. The summed E-state index contributed by atoms with van der Waals surface area (Å²) in [6.45, 7) is 2.10. The second-order valence-corrected chi connectivity index (χ2v) is 3.17. The van der Waals surface area contributed by atoms with Gasteiger partial charge in [0.2, 0.25) is 0 Å². The van der Waals surface area contributed by atoms with Gasteiger partial charge in [0.1, 0.15) is 0 Å². The van der Waals surface area contributed by atoms with Crippen molar-refractivity contribution in [3.05, 3.63) is 41.5 Å². The van der Waals surface area contributed by atoms with Crippen LogP contribution in [0.1, 0.15) is 17.5 Å². The standard InChI is InChI=1S/C11H13Cl/c1-10-5-4-7-11(9-10)6-2-3-8-12/h2,4-7,9H,3,8H2,1H3/b6-2+. The van der Waals surface area contributed by atoms with Crippen molar-refractivity contribution in [2.24, 2.45) is 0 Å². The molecule has 64 valence electrons. The Balaban J connectivity index is 2.63. The summed E-state index contributed by atoms with van der Waals surface area (Å²) in [4.78, 5) is 0. The van der Waals surface area contributed by atoms with Gasteiger partial charge in [-0.2, -0.15) is 0 Å². The quantitative estimate of drug-likeness (QED) is 0.624. The van der Waals surface area contributed by atoms with Gasteiger partial charge in [-0.15, -0.1) is 11.6 Å². The Morgan fingerprint density at radius 2 is 2.25 bits per heavy atom. The summed E-state index contributed by atoms with van der Waals surface area (Å²) in [6.07, 6.45) is 5.15. The number of hydrogen-bond donors (Lipinski definition) is 0. The molecule has 0 spiro atoms. The monoisotopic (exact) mass is 180 g/mol. The fourth-order valence-electron chi connectivity index (χ4n) is 1.06. The van der Waals surface area contributed by atoms with Gasteiger partial charge < -0.3 is 0 Å². The van der Waals surface area contributed by atoms with Gasteiger partial charge in [-0.25, -0.2) is 0 Å². The Morgan fingerprint density at radius 1 is 1.42 bits per heavy atom. The van der Waals surface area contributed by atoms with Crippen molar-refractivity contribution in [3.63, 3.8) is 0 Å². The Morgan fingerprint density at radius 3 is 2.92 bits per heavy atom. The van der Waals surface area contributed by atoms with Gasteiger partial charge in [0.05, 0.1) is 0 Å². The molecule has 0 aliphatic rings. The van der Waals surface area contributed by atoms with E-state index in [2.05, 4.69) is 43.3 Å². The van der Waals surface area contributed by atoms with Crippen LogP contribution in [-0.4, -0.2) is 5.88 Å². The van der Waals surface area contributed by atoms with E-state index in [1.165, 1.54) is 11.1 Å². The zero-order valence-electron chi connectivity index (χ0n) is 7.26. The molecule has 0 aliphatic carbocycles. The Labute approximate surface area is 78.9 Å². The highest BCUT2D eigenvalue weighted by Gasteiger charge is 1.85. The first kappa shape index (κ1) is 9.34. The van der Waals surface area contributed by atoms with Crippen LogP contribution in [0.15, 0.2) is 30.3 Å². The van der Waals surface area contributed by atoms with E-state index >= 15 is 0 Å². The second-order valence-electron chi connectivity index (χ2n) is 2.79. The molecule has 1 heteroatoms. The molecular weight excluding hydrogens is 168 g/mol. The van der Waals surface area contributed by atoms with Crippen LogP contribution in [0.5, 0.6) is 0 Å². The number of rotatable bonds is 3. The van der Waals surface area contributed by atoms with Crippen LogP contribution in [0.2, 0.25) is 0 Å². The Hall–Kier alpha value is -0.750. The Kier molecular flexibility index (Phi) is 3.89. The van der Waals surface area contributed by atoms with Crippen molar-refractivity contribution < 1.29 is 0 Å². The second kappa shape index (κ2) is 5.00. The number of allylic oxidation sites excluding steroid dienone is 1. The summed E-state index contributed by atoms with van der Waals surface area (Å²) in [6, 6.07) is 8.41. The predicted molar refractivity (Wildman–Crippen MR) is 55.6 cm³/mol. The molecule has 0 nitrogen and oxygen atoms in total. The average molecular weight is 181 g/mol. The minimum Gasteiger partial charge on any atom is -0.126 e. The summed E-state index contributed by atoms with van der Waals surface area (Å²) in [5, 5.41) is 0. The third-order valence-corrected chi connectivity index (χ3v) is 1.85. The topological polar surface area (TPSA) is 0 Å². The van der Waals surface area contributed by atoms with E-state index < -0.39 is 0 Å². The smallest absolute Gasteiger partial charge is 0.0258 e. The molecule has 1 aromatic carbocycles. The molecule has 0 atom stereocenters. The van der Waals surface area contributed by atoms with Crippen LogP contribution >= 0.6 is 11.6 Å². The Bertz CT molecular complexity index is 263. The molecule has 0 radical (unpaired) electrons. The molecule has 0 bridgehead atoms. The molecular formula is C11H13Cl. The SMILES string of the molecule is Cc1cccc(/C=C/CCCl)c1.